The van der Waals surface area contributed by atoms with Crippen LogP contribution in [-0.2, 0) is 42.5 Å². The van der Waals surface area contributed by atoms with Crippen molar-refractivity contribution in [3.05, 3.63) is 0 Å². The van der Waals surface area contributed by atoms with E-state index in [1.54, 1.807) is 0 Å². The SMILES string of the molecule is O=[S](=O)(O)[Ni]([S](=O)(=O)O)([S](=O)(=O)O)[S](=O)(=O)O.[NaH].[NaH].[NaH].[NaH]. The van der Waals surface area contributed by atoms with Crippen LogP contribution in [0.5, 0.6) is 0 Å². The molecule has 0 saturated heterocycles. The van der Waals surface area contributed by atoms with E-state index in [4.69, 9.17) is 18.2 Å². The van der Waals surface area contributed by atoms with Gasteiger partial charge >= 0.3 is 213 Å². The van der Waals surface area contributed by atoms with Gasteiger partial charge in [0.05, 0.1) is 0 Å². The maximum absolute atomic E-state index is 10.6. The number of rotatable bonds is 4. The van der Waals surface area contributed by atoms with Gasteiger partial charge in [-0.2, -0.15) is 0 Å². The molecule has 0 saturated carbocycles. The van der Waals surface area contributed by atoms with Crippen molar-refractivity contribution < 1.29 is 59.9 Å². The maximum atomic E-state index is 10.6. The molecule has 0 amide bonds. The van der Waals surface area contributed by atoms with Gasteiger partial charge in [0.15, 0.2) is 0 Å². The Morgan fingerprint density at radius 3 is 0.524 bits per heavy atom. The Bertz CT molecular complexity index is 592. The Morgan fingerprint density at radius 2 is 0.524 bits per heavy atom. The minimum atomic E-state index is -6.89. The van der Waals surface area contributed by atoms with Crippen molar-refractivity contribution in [3.63, 3.8) is 0 Å². The van der Waals surface area contributed by atoms with E-state index in [2.05, 4.69) is 0 Å². The zero-order valence-corrected chi connectivity index (χ0v) is 11.3. The van der Waals surface area contributed by atoms with Crippen molar-refractivity contribution in [1.82, 2.24) is 0 Å². The molecule has 0 aliphatic carbocycles. The van der Waals surface area contributed by atoms with E-state index < -0.39 is 42.5 Å². The first-order valence-electron chi connectivity index (χ1n) is 2.58. The van der Waals surface area contributed by atoms with Gasteiger partial charge in [0.1, 0.15) is 0 Å². The third kappa shape index (κ3) is 7.34. The van der Waals surface area contributed by atoms with E-state index in [-0.39, 0.29) is 118 Å². The molecule has 12 nitrogen and oxygen atoms in total. The van der Waals surface area contributed by atoms with Crippen LogP contribution in [0.2, 0.25) is 0 Å². The average Bonchev–Trinajstić information content (AvgIpc) is 1.67. The van der Waals surface area contributed by atoms with E-state index in [1.165, 1.54) is 0 Å². The molecule has 118 valence electrons. The molecule has 0 radical (unpaired) electrons. The van der Waals surface area contributed by atoms with Crippen LogP contribution < -0.4 is 0 Å². The van der Waals surface area contributed by atoms with Crippen molar-refractivity contribution in [1.29, 1.82) is 0 Å². The Kier molecular flexibility index (Phi) is 19.1. The molecule has 0 heterocycles. The number of hydrogen-bond donors (Lipinski definition) is 4. The molecular formula is H8Na4NiO12S4. The van der Waals surface area contributed by atoms with Crippen LogP contribution in [0.25, 0.3) is 0 Å². The van der Waals surface area contributed by atoms with Gasteiger partial charge in [-0.15, -0.1) is 0 Å². The van der Waals surface area contributed by atoms with Gasteiger partial charge in [-0.1, -0.05) is 0 Å². The molecule has 0 aromatic heterocycles. The zero-order chi connectivity index (χ0) is 14.5. The van der Waals surface area contributed by atoms with Crippen LogP contribution in [0.3, 0.4) is 0 Å². The molecular weight excluding hydrogens is 471 g/mol. The van der Waals surface area contributed by atoms with Gasteiger partial charge in [-0.25, -0.2) is 0 Å². The topological polar surface area (TPSA) is 217 Å². The minimum absolute atomic E-state index is 0. The first kappa shape index (κ1) is 36.1. The summed E-state index contributed by atoms with van der Waals surface area (Å²) in [6.07, 6.45) is 0. The van der Waals surface area contributed by atoms with Gasteiger partial charge in [-0.3, -0.25) is 0 Å². The van der Waals surface area contributed by atoms with E-state index >= 15 is 0 Å². The predicted octanol–water partition coefficient (Wildman–Crippen LogP) is -5.24. The summed E-state index contributed by atoms with van der Waals surface area (Å²) in [7, 11) is -33.4. The summed E-state index contributed by atoms with van der Waals surface area (Å²) >= 11 is 0. The summed E-state index contributed by atoms with van der Waals surface area (Å²) in [5.41, 5.74) is 0. The Labute approximate surface area is 208 Å². The van der Waals surface area contributed by atoms with Crippen LogP contribution in [0.4, 0.5) is 0 Å². The second kappa shape index (κ2) is 11.1. The van der Waals surface area contributed by atoms with Gasteiger partial charge in [0, 0.05) is 0 Å². The molecule has 0 bridgehead atoms. The molecule has 0 aliphatic heterocycles. The van der Waals surface area contributed by atoms with Crippen molar-refractivity contribution in [2.75, 3.05) is 0 Å². The predicted molar refractivity (Wildman–Crippen MR) is 74.8 cm³/mol. The van der Waals surface area contributed by atoms with E-state index in [9.17, 15) is 33.7 Å². The van der Waals surface area contributed by atoms with Gasteiger partial charge in [-0.05, 0) is 0 Å². The summed E-state index contributed by atoms with van der Waals surface area (Å²) in [5, 5.41) is 0. The zero-order valence-electron chi connectivity index (χ0n) is 7.00. The summed E-state index contributed by atoms with van der Waals surface area (Å²) < 4.78 is 118. The van der Waals surface area contributed by atoms with Crippen molar-refractivity contribution in [2.45, 2.75) is 0 Å². The van der Waals surface area contributed by atoms with Crippen LogP contribution in [0, 0.1) is 0 Å². The summed E-state index contributed by atoms with van der Waals surface area (Å²) in [4.78, 5) is 0. The Morgan fingerprint density at radius 1 is 0.429 bits per heavy atom. The van der Waals surface area contributed by atoms with Gasteiger partial charge in [0.2, 0.25) is 0 Å². The quantitative estimate of drug-likeness (QED) is 0.220. The molecule has 0 aliphatic rings. The molecule has 21 heteroatoms. The van der Waals surface area contributed by atoms with Gasteiger partial charge in [0.25, 0.3) is 0 Å². The van der Waals surface area contributed by atoms with Crippen LogP contribution in [0.1, 0.15) is 0 Å². The normalized spacial score (nSPS) is 13.5. The van der Waals surface area contributed by atoms with Crippen molar-refractivity contribution in [3.8, 4) is 0 Å². The molecule has 21 heavy (non-hydrogen) atoms. The fraction of sp³-hybridized carbons (Fsp3) is 0. The molecule has 0 aromatic carbocycles. The molecule has 0 atom stereocenters. The Hall–Kier alpha value is 4.13. The summed E-state index contributed by atoms with van der Waals surface area (Å²) in [6.45, 7) is 0. The number of hydrogen-bond acceptors (Lipinski definition) is 8. The second-order valence-electron chi connectivity index (χ2n) is 1.84. The van der Waals surface area contributed by atoms with E-state index in [0.717, 1.165) is 0 Å². The van der Waals surface area contributed by atoms with E-state index in [0.29, 0.717) is 0 Å². The molecule has 0 aromatic rings. The van der Waals surface area contributed by atoms with Crippen LogP contribution >= 0.6 is 0 Å². The summed E-state index contributed by atoms with van der Waals surface area (Å²) in [5.74, 6) is 0. The molecule has 0 unspecified atom stereocenters. The van der Waals surface area contributed by atoms with Crippen molar-refractivity contribution >= 4 is 153 Å². The molecule has 4 N–H and O–H groups in total. The van der Waals surface area contributed by atoms with Crippen LogP contribution in [0.15, 0.2) is 0 Å². The standard InChI is InChI=1S/4Na.Ni.4HO3S.4H/c;;;;;4*1-4(2)3;;;;/h;;;;;4*(H,1,2,3);;;;. The third-order valence-electron chi connectivity index (χ3n) is 0.799. The second-order valence-corrected chi connectivity index (χ2v) is 22.4. The first-order chi connectivity index (χ1) is 7.00. The average molecular weight is 479 g/mol. The Balaban J connectivity index is -0.000000213. The fourth-order valence-corrected chi connectivity index (χ4v) is 18.7. The van der Waals surface area contributed by atoms with Crippen molar-refractivity contribution in [2.24, 2.45) is 0 Å². The molecule has 0 spiro atoms. The molecule has 0 rings (SSSR count). The third-order valence-corrected chi connectivity index (χ3v) is 29.7. The molecule has 0 fully saturated rings. The summed E-state index contributed by atoms with van der Waals surface area (Å²) in [6, 6.07) is 0. The van der Waals surface area contributed by atoms with E-state index in [1.807, 2.05) is 0 Å². The van der Waals surface area contributed by atoms with Crippen LogP contribution in [-0.4, -0.2) is 170 Å². The monoisotopic (exact) mass is 478 g/mol. The van der Waals surface area contributed by atoms with Gasteiger partial charge < -0.3 is 0 Å². The fourth-order valence-electron chi connectivity index (χ4n) is 0.505. The first-order valence-corrected chi connectivity index (χ1v) is 12.6.